The SMILES string of the molecule is O=C(NC1CCC(C(=O)CC2c3ccccc3-c3cncn32)CC1)c1ccccc1. The van der Waals surface area contributed by atoms with Crippen molar-refractivity contribution in [3.63, 3.8) is 0 Å². The molecule has 5 heteroatoms. The van der Waals surface area contributed by atoms with Crippen LogP contribution in [-0.4, -0.2) is 27.3 Å². The van der Waals surface area contributed by atoms with Gasteiger partial charge in [-0.2, -0.15) is 0 Å². The van der Waals surface area contributed by atoms with E-state index in [4.69, 9.17) is 0 Å². The highest BCUT2D eigenvalue weighted by Gasteiger charge is 2.33. The Hall–Kier alpha value is -3.21. The van der Waals surface area contributed by atoms with Crippen LogP contribution in [0.25, 0.3) is 11.3 Å². The number of carbonyl (C=O) groups excluding carboxylic acids is 2. The normalized spacial score (nSPS) is 22.2. The van der Waals surface area contributed by atoms with Crippen molar-refractivity contribution >= 4 is 11.7 Å². The number of amides is 1. The molecule has 152 valence electrons. The van der Waals surface area contributed by atoms with E-state index in [1.807, 2.05) is 55.0 Å². The van der Waals surface area contributed by atoms with Crippen LogP contribution in [0.15, 0.2) is 67.1 Å². The lowest BCUT2D eigenvalue weighted by Crippen LogP contribution is -2.38. The van der Waals surface area contributed by atoms with Gasteiger partial charge in [0, 0.05) is 29.5 Å². The fourth-order valence-electron chi connectivity index (χ4n) is 4.92. The summed E-state index contributed by atoms with van der Waals surface area (Å²) >= 11 is 0. The summed E-state index contributed by atoms with van der Waals surface area (Å²) in [7, 11) is 0. The standard InChI is InChI=1S/C25H25N3O2/c29-24(14-22-20-8-4-5-9-21(20)23-15-26-16-28(22)23)17-10-12-19(13-11-17)27-25(30)18-6-2-1-3-7-18/h1-9,15-17,19,22H,10-14H2,(H,27,30). The first-order valence-electron chi connectivity index (χ1n) is 10.7. The number of carbonyl (C=O) groups is 2. The van der Waals surface area contributed by atoms with Crippen molar-refractivity contribution < 1.29 is 9.59 Å². The number of benzene rings is 2. The van der Waals surface area contributed by atoms with E-state index in [0.29, 0.717) is 17.8 Å². The Morgan fingerprint density at radius 3 is 2.50 bits per heavy atom. The predicted molar refractivity (Wildman–Crippen MR) is 115 cm³/mol. The minimum Gasteiger partial charge on any atom is -0.349 e. The number of hydrogen-bond acceptors (Lipinski definition) is 3. The van der Waals surface area contributed by atoms with Crippen molar-refractivity contribution in [3.8, 4) is 11.3 Å². The molecule has 0 spiro atoms. The third-order valence-electron chi connectivity index (χ3n) is 6.55. The highest BCUT2D eigenvalue weighted by molar-refractivity contribution is 5.94. The van der Waals surface area contributed by atoms with Crippen molar-refractivity contribution in [2.45, 2.75) is 44.2 Å². The van der Waals surface area contributed by atoms with E-state index in [1.54, 1.807) is 0 Å². The van der Waals surface area contributed by atoms with Gasteiger partial charge in [-0.3, -0.25) is 9.59 Å². The fraction of sp³-hybridized carbons (Fsp3) is 0.320. The number of nitrogens with zero attached hydrogens (tertiary/aromatic N) is 2. The first-order chi connectivity index (χ1) is 14.7. The van der Waals surface area contributed by atoms with Gasteiger partial charge in [-0.05, 0) is 43.4 Å². The summed E-state index contributed by atoms with van der Waals surface area (Å²) in [5, 5.41) is 3.13. The van der Waals surface area contributed by atoms with E-state index in [-0.39, 0.29) is 23.9 Å². The summed E-state index contributed by atoms with van der Waals surface area (Å²) in [5.41, 5.74) is 4.18. The second kappa shape index (κ2) is 7.90. The van der Waals surface area contributed by atoms with Crippen LogP contribution in [0.1, 0.15) is 54.1 Å². The average molecular weight is 399 g/mol. The van der Waals surface area contributed by atoms with Gasteiger partial charge in [-0.25, -0.2) is 4.98 Å². The molecule has 5 nitrogen and oxygen atoms in total. The largest absolute Gasteiger partial charge is 0.349 e. The van der Waals surface area contributed by atoms with Crippen LogP contribution >= 0.6 is 0 Å². The monoisotopic (exact) mass is 399 g/mol. The Balaban J connectivity index is 1.20. The maximum atomic E-state index is 13.1. The second-order valence-electron chi connectivity index (χ2n) is 8.35. The van der Waals surface area contributed by atoms with E-state index in [1.165, 1.54) is 11.1 Å². The Morgan fingerprint density at radius 2 is 1.70 bits per heavy atom. The predicted octanol–water partition coefficient (Wildman–Crippen LogP) is 4.40. The highest BCUT2D eigenvalue weighted by atomic mass is 16.1. The molecule has 5 rings (SSSR count). The van der Waals surface area contributed by atoms with Crippen LogP contribution in [0.4, 0.5) is 0 Å². The summed E-state index contributed by atoms with van der Waals surface area (Å²) in [4.78, 5) is 29.8. The van der Waals surface area contributed by atoms with Crippen LogP contribution in [0.2, 0.25) is 0 Å². The van der Waals surface area contributed by atoms with Crippen molar-refractivity contribution in [1.82, 2.24) is 14.9 Å². The zero-order valence-corrected chi connectivity index (χ0v) is 16.8. The summed E-state index contributed by atoms with van der Waals surface area (Å²) in [6.45, 7) is 0. The van der Waals surface area contributed by atoms with E-state index < -0.39 is 0 Å². The van der Waals surface area contributed by atoms with E-state index in [9.17, 15) is 9.59 Å². The maximum Gasteiger partial charge on any atom is 0.251 e. The van der Waals surface area contributed by atoms with E-state index in [0.717, 1.165) is 31.4 Å². The highest BCUT2D eigenvalue weighted by Crippen LogP contribution is 2.41. The summed E-state index contributed by atoms with van der Waals surface area (Å²) in [6.07, 6.45) is 7.60. The van der Waals surface area contributed by atoms with Gasteiger partial charge in [0.05, 0.1) is 24.3 Å². The topological polar surface area (TPSA) is 64.0 Å². The van der Waals surface area contributed by atoms with Gasteiger partial charge in [0.25, 0.3) is 5.91 Å². The molecular formula is C25H25N3O2. The number of hydrogen-bond donors (Lipinski definition) is 1. The number of fused-ring (bicyclic) bond motifs is 3. The van der Waals surface area contributed by atoms with Gasteiger partial charge in [0.15, 0.2) is 0 Å². The molecule has 2 aliphatic rings. The van der Waals surface area contributed by atoms with Crippen molar-refractivity contribution in [1.29, 1.82) is 0 Å². The van der Waals surface area contributed by atoms with Gasteiger partial charge in [0.2, 0.25) is 0 Å². The molecule has 1 N–H and O–H groups in total. The Morgan fingerprint density at radius 1 is 0.967 bits per heavy atom. The Bertz CT molecular complexity index is 1060. The number of rotatable bonds is 5. The van der Waals surface area contributed by atoms with Crippen molar-refractivity contribution in [2.24, 2.45) is 5.92 Å². The smallest absolute Gasteiger partial charge is 0.251 e. The molecular weight excluding hydrogens is 374 g/mol. The molecule has 1 aliphatic heterocycles. The maximum absolute atomic E-state index is 13.1. The van der Waals surface area contributed by atoms with Gasteiger partial charge in [-0.15, -0.1) is 0 Å². The molecule has 1 unspecified atom stereocenters. The van der Waals surface area contributed by atoms with Crippen LogP contribution < -0.4 is 5.32 Å². The molecule has 0 radical (unpaired) electrons. The summed E-state index contributed by atoms with van der Waals surface area (Å²) < 4.78 is 2.13. The lowest BCUT2D eigenvalue weighted by molar-refractivity contribution is -0.124. The zero-order chi connectivity index (χ0) is 20.5. The number of aromatic nitrogens is 2. The molecule has 1 aromatic heterocycles. The third-order valence-corrected chi connectivity index (χ3v) is 6.55. The molecule has 1 amide bonds. The molecule has 2 aromatic carbocycles. The van der Waals surface area contributed by atoms with Crippen molar-refractivity contribution in [2.75, 3.05) is 0 Å². The molecule has 30 heavy (non-hydrogen) atoms. The molecule has 2 heterocycles. The number of nitrogens with one attached hydrogen (secondary N) is 1. The molecule has 0 saturated heterocycles. The van der Waals surface area contributed by atoms with Crippen LogP contribution in [-0.2, 0) is 4.79 Å². The summed E-state index contributed by atoms with van der Waals surface area (Å²) in [6, 6.07) is 17.8. The first-order valence-corrected chi connectivity index (χ1v) is 10.7. The number of Topliss-reactive ketones (excluding diaryl/α,β-unsaturated/α-hetero) is 1. The number of ketones is 1. The van der Waals surface area contributed by atoms with Crippen LogP contribution in [0.3, 0.4) is 0 Å². The number of imidazole rings is 1. The molecule has 1 atom stereocenters. The van der Waals surface area contributed by atoms with Crippen molar-refractivity contribution in [3.05, 3.63) is 78.2 Å². The molecule has 0 bridgehead atoms. The zero-order valence-electron chi connectivity index (χ0n) is 16.8. The van der Waals surface area contributed by atoms with Gasteiger partial charge in [-0.1, -0.05) is 42.5 Å². The lowest BCUT2D eigenvalue weighted by Gasteiger charge is -2.29. The molecule has 1 fully saturated rings. The van der Waals surface area contributed by atoms with Gasteiger partial charge in [0.1, 0.15) is 5.78 Å². The van der Waals surface area contributed by atoms with Crippen LogP contribution in [0.5, 0.6) is 0 Å². The summed E-state index contributed by atoms with van der Waals surface area (Å²) in [5.74, 6) is 0.374. The Labute approximate surface area is 176 Å². The fourth-order valence-corrected chi connectivity index (χ4v) is 4.92. The molecule has 1 saturated carbocycles. The van der Waals surface area contributed by atoms with Gasteiger partial charge >= 0.3 is 0 Å². The molecule has 1 aliphatic carbocycles. The third kappa shape index (κ3) is 3.45. The van der Waals surface area contributed by atoms with E-state index in [2.05, 4.69) is 27.0 Å². The van der Waals surface area contributed by atoms with E-state index >= 15 is 0 Å². The average Bonchev–Trinajstić information content (AvgIpc) is 3.37. The van der Waals surface area contributed by atoms with Crippen LogP contribution in [0, 0.1) is 5.92 Å². The van der Waals surface area contributed by atoms with Gasteiger partial charge < -0.3 is 9.88 Å². The lowest BCUT2D eigenvalue weighted by atomic mass is 9.81. The Kier molecular flexibility index (Phi) is 4.95. The first kappa shape index (κ1) is 18.8. The minimum atomic E-state index is -0.0272. The minimum absolute atomic E-state index is 0.0272. The quantitative estimate of drug-likeness (QED) is 0.692. The molecule has 3 aromatic rings. The second-order valence-corrected chi connectivity index (χ2v) is 8.35.